The van der Waals surface area contributed by atoms with Crippen LogP contribution in [0.15, 0.2) is 40.8 Å². The van der Waals surface area contributed by atoms with Crippen molar-refractivity contribution in [3.05, 3.63) is 47.5 Å². The lowest BCUT2D eigenvalue weighted by Gasteiger charge is -2.56. The molecule has 0 saturated heterocycles. The zero-order valence-corrected chi connectivity index (χ0v) is 18.4. The van der Waals surface area contributed by atoms with E-state index in [1.54, 1.807) is 0 Å². The fourth-order valence-electron chi connectivity index (χ4n) is 7.23. The maximum atomic E-state index is 13.0. The van der Waals surface area contributed by atoms with E-state index in [1.807, 2.05) is 18.2 Å². The van der Waals surface area contributed by atoms with Crippen LogP contribution < -0.4 is 5.32 Å². The van der Waals surface area contributed by atoms with E-state index in [1.165, 1.54) is 44.1 Å². The van der Waals surface area contributed by atoms with Crippen molar-refractivity contribution in [2.45, 2.75) is 58.8 Å². The average Bonchev–Trinajstić information content (AvgIpc) is 3.09. The summed E-state index contributed by atoms with van der Waals surface area (Å²) in [4.78, 5) is 17.7. The predicted octanol–water partition coefficient (Wildman–Crippen LogP) is 6.66. The molecule has 7 rings (SSSR count). The summed E-state index contributed by atoms with van der Waals surface area (Å²) >= 11 is 0. The number of carbonyl (C=O) groups is 1. The van der Waals surface area contributed by atoms with Crippen molar-refractivity contribution in [1.29, 1.82) is 0 Å². The van der Waals surface area contributed by atoms with E-state index in [9.17, 15) is 4.79 Å². The van der Waals surface area contributed by atoms with Gasteiger partial charge in [-0.3, -0.25) is 4.79 Å². The molecule has 3 aromatic rings. The van der Waals surface area contributed by atoms with Gasteiger partial charge in [0.25, 0.3) is 0 Å². The molecular weight excluding hydrogens is 384 g/mol. The van der Waals surface area contributed by atoms with Crippen molar-refractivity contribution in [3.63, 3.8) is 0 Å². The van der Waals surface area contributed by atoms with Crippen molar-refractivity contribution < 1.29 is 9.21 Å². The van der Waals surface area contributed by atoms with Crippen molar-refractivity contribution in [2.75, 3.05) is 5.32 Å². The number of rotatable bonds is 4. The number of nitrogens with zero attached hydrogens (tertiary/aromatic N) is 1. The summed E-state index contributed by atoms with van der Waals surface area (Å²) in [7, 11) is 0. The van der Waals surface area contributed by atoms with Crippen LogP contribution in [0.4, 0.5) is 5.69 Å². The Bertz CT molecular complexity index is 1140. The number of carbonyl (C=O) groups excluding carboxylic acids is 1. The highest BCUT2D eigenvalue weighted by Gasteiger charge is 2.51. The topological polar surface area (TPSA) is 55.1 Å². The summed E-state index contributed by atoms with van der Waals surface area (Å²) in [6.45, 7) is 4.16. The maximum Gasteiger partial charge on any atom is 0.227 e. The second kappa shape index (κ2) is 6.94. The summed E-state index contributed by atoms with van der Waals surface area (Å²) in [5.41, 5.74) is 5.97. The Balaban J connectivity index is 1.20. The molecule has 4 heteroatoms. The monoisotopic (exact) mass is 414 g/mol. The smallest absolute Gasteiger partial charge is 0.227 e. The number of hydrogen-bond acceptors (Lipinski definition) is 3. The molecule has 4 aliphatic carbocycles. The van der Waals surface area contributed by atoms with E-state index in [2.05, 4.69) is 37.4 Å². The molecule has 4 bridgehead atoms. The molecule has 31 heavy (non-hydrogen) atoms. The van der Waals surface area contributed by atoms with E-state index < -0.39 is 0 Å². The third-order valence-corrected chi connectivity index (χ3v) is 7.98. The summed E-state index contributed by atoms with van der Waals surface area (Å²) in [6.07, 6.45) is 8.67. The van der Waals surface area contributed by atoms with E-state index in [4.69, 9.17) is 9.40 Å². The number of fused-ring (bicyclic) bond motifs is 1. The zero-order valence-electron chi connectivity index (χ0n) is 18.4. The van der Waals surface area contributed by atoms with Crippen LogP contribution in [0, 0.1) is 37.0 Å². The molecule has 1 heterocycles. The first-order chi connectivity index (χ1) is 14.9. The van der Waals surface area contributed by atoms with Crippen molar-refractivity contribution in [3.8, 4) is 11.5 Å². The lowest BCUT2D eigenvalue weighted by Crippen LogP contribution is -2.47. The summed E-state index contributed by atoms with van der Waals surface area (Å²) in [5.74, 6) is 3.39. The molecule has 1 amide bonds. The Hall–Kier alpha value is -2.62. The van der Waals surface area contributed by atoms with Crippen LogP contribution >= 0.6 is 0 Å². The van der Waals surface area contributed by atoms with Crippen LogP contribution in [0.25, 0.3) is 22.6 Å². The minimum absolute atomic E-state index is 0.152. The van der Waals surface area contributed by atoms with Crippen LogP contribution in [-0.2, 0) is 4.79 Å². The standard InChI is InChI=1S/C27H30N2O2/c1-16-3-5-22(17(2)7-16)26-29-23-11-21(4-6-24(23)31-26)28-25(30)15-27-12-18-8-19(13-27)10-20(9-18)14-27/h3-7,11,18-20H,8-10,12-15H2,1-2H3,(H,28,30). The van der Waals surface area contributed by atoms with Crippen LogP contribution in [0.2, 0.25) is 0 Å². The van der Waals surface area contributed by atoms with Gasteiger partial charge in [0.05, 0.1) is 0 Å². The van der Waals surface area contributed by atoms with E-state index in [0.717, 1.165) is 45.7 Å². The Morgan fingerprint density at radius 1 is 1.03 bits per heavy atom. The van der Waals surface area contributed by atoms with Crippen LogP contribution in [0.1, 0.15) is 56.1 Å². The second-order valence-electron chi connectivity index (χ2n) is 10.7. The Morgan fingerprint density at radius 3 is 2.42 bits per heavy atom. The van der Waals surface area contributed by atoms with Gasteiger partial charge in [-0.15, -0.1) is 0 Å². The minimum atomic E-state index is 0.152. The van der Waals surface area contributed by atoms with Crippen LogP contribution in [0.3, 0.4) is 0 Å². The molecule has 4 fully saturated rings. The quantitative estimate of drug-likeness (QED) is 0.519. The highest BCUT2D eigenvalue weighted by Crippen LogP contribution is 2.61. The number of hydrogen-bond donors (Lipinski definition) is 1. The van der Waals surface area contributed by atoms with Crippen molar-refractivity contribution >= 4 is 22.7 Å². The number of amides is 1. The number of nitrogens with one attached hydrogen (secondary N) is 1. The highest BCUT2D eigenvalue weighted by molar-refractivity contribution is 5.93. The van der Waals surface area contributed by atoms with Gasteiger partial charge in [-0.2, -0.15) is 0 Å². The lowest BCUT2D eigenvalue weighted by atomic mass is 9.49. The SMILES string of the molecule is Cc1ccc(-c2nc3cc(NC(=O)CC45CC6CC(CC(C6)C4)C5)ccc3o2)c(C)c1. The van der Waals surface area contributed by atoms with Crippen LogP contribution in [-0.4, -0.2) is 10.9 Å². The van der Waals surface area contributed by atoms with Gasteiger partial charge in [-0.25, -0.2) is 4.98 Å². The fraction of sp³-hybridized carbons (Fsp3) is 0.481. The molecule has 4 nitrogen and oxygen atoms in total. The van der Waals surface area contributed by atoms with Gasteiger partial charge >= 0.3 is 0 Å². The number of benzene rings is 2. The predicted molar refractivity (Wildman–Crippen MR) is 123 cm³/mol. The molecule has 160 valence electrons. The average molecular weight is 415 g/mol. The molecule has 1 aromatic heterocycles. The molecule has 0 spiro atoms. The van der Waals surface area contributed by atoms with Crippen LogP contribution in [0.5, 0.6) is 0 Å². The van der Waals surface area contributed by atoms with Gasteiger partial charge in [0.15, 0.2) is 5.58 Å². The molecule has 0 radical (unpaired) electrons. The minimum Gasteiger partial charge on any atom is -0.436 e. The molecule has 0 unspecified atom stereocenters. The van der Waals surface area contributed by atoms with E-state index in [-0.39, 0.29) is 11.3 Å². The summed E-state index contributed by atoms with van der Waals surface area (Å²) < 4.78 is 6.00. The first-order valence-electron chi connectivity index (χ1n) is 11.7. The lowest BCUT2D eigenvalue weighted by molar-refractivity contribution is -0.124. The largest absolute Gasteiger partial charge is 0.436 e. The van der Waals surface area contributed by atoms with Gasteiger partial charge < -0.3 is 9.73 Å². The molecule has 2 aromatic carbocycles. The molecule has 1 N–H and O–H groups in total. The Morgan fingerprint density at radius 2 is 1.74 bits per heavy atom. The summed E-state index contributed by atoms with van der Waals surface area (Å²) in [5, 5.41) is 3.16. The molecular formula is C27H30N2O2. The highest BCUT2D eigenvalue weighted by atomic mass is 16.3. The van der Waals surface area contributed by atoms with Gasteiger partial charge in [0, 0.05) is 17.7 Å². The Labute approximate surface area is 183 Å². The molecule has 4 saturated carbocycles. The Kier molecular flexibility index (Phi) is 4.28. The second-order valence-corrected chi connectivity index (χ2v) is 10.7. The van der Waals surface area contributed by atoms with Gasteiger partial charge in [0.2, 0.25) is 11.8 Å². The normalized spacial score (nSPS) is 28.9. The van der Waals surface area contributed by atoms with Crippen molar-refractivity contribution in [2.24, 2.45) is 23.2 Å². The van der Waals surface area contributed by atoms with E-state index in [0.29, 0.717) is 12.3 Å². The summed E-state index contributed by atoms with van der Waals surface area (Å²) in [6, 6.07) is 12.0. The third kappa shape index (κ3) is 3.46. The van der Waals surface area contributed by atoms with Gasteiger partial charge in [-0.05, 0) is 105 Å². The maximum absolute atomic E-state index is 13.0. The van der Waals surface area contributed by atoms with Crippen molar-refractivity contribution in [1.82, 2.24) is 4.98 Å². The first-order valence-corrected chi connectivity index (χ1v) is 11.7. The van der Waals surface area contributed by atoms with E-state index >= 15 is 0 Å². The van der Waals surface area contributed by atoms with Gasteiger partial charge in [0.1, 0.15) is 5.52 Å². The number of aryl methyl sites for hydroxylation is 2. The zero-order chi connectivity index (χ0) is 21.2. The number of anilines is 1. The number of oxazole rings is 1. The fourth-order valence-corrected chi connectivity index (χ4v) is 7.23. The first kappa shape index (κ1) is 19.1. The molecule has 0 atom stereocenters. The molecule has 4 aliphatic rings. The third-order valence-electron chi connectivity index (χ3n) is 7.98. The number of aromatic nitrogens is 1. The molecule has 0 aliphatic heterocycles. The van der Waals surface area contributed by atoms with Gasteiger partial charge in [-0.1, -0.05) is 17.7 Å².